The fraction of sp³-hybridized carbons (Fsp3) is 0.900. The molecule has 3 N–H and O–H groups in total. The molecule has 0 aromatic heterocycles. The van der Waals surface area contributed by atoms with Crippen LogP contribution in [0, 0.1) is 0 Å². The van der Waals surface area contributed by atoms with Gasteiger partial charge < -0.3 is 15.6 Å². The van der Waals surface area contributed by atoms with Gasteiger partial charge in [-0.1, -0.05) is 78.1 Å². The number of nitrogens with two attached hydrogens (primary N) is 1. The van der Waals surface area contributed by atoms with Crippen LogP contribution in [0.15, 0.2) is 0 Å². The first-order valence-corrected chi connectivity index (χ1v) is 10.1. The van der Waals surface area contributed by atoms with Gasteiger partial charge >= 0.3 is 5.97 Å². The summed E-state index contributed by atoms with van der Waals surface area (Å²) in [6, 6.07) is 0. The number of carboxylic acid groups (broad SMARTS) is 1. The lowest BCUT2D eigenvalue weighted by Gasteiger charge is -2.29. The lowest BCUT2D eigenvalue weighted by Crippen LogP contribution is -2.43. The van der Waals surface area contributed by atoms with Crippen molar-refractivity contribution in [1.29, 1.82) is 0 Å². The number of hydrogen-bond acceptors (Lipinski definition) is 3. The maximum atomic E-state index is 11.9. The highest BCUT2D eigenvalue weighted by atomic mass is 16.5. The van der Waals surface area contributed by atoms with Gasteiger partial charge in [0.1, 0.15) is 6.61 Å². The molecular weight excluding hydrogens is 318 g/mol. The second kappa shape index (κ2) is 15.2. The van der Waals surface area contributed by atoms with Crippen LogP contribution in [-0.4, -0.2) is 29.2 Å². The van der Waals surface area contributed by atoms with Crippen LogP contribution >= 0.6 is 0 Å². The summed E-state index contributed by atoms with van der Waals surface area (Å²) in [7, 11) is 0. The van der Waals surface area contributed by atoms with Crippen molar-refractivity contribution in [3.8, 4) is 0 Å². The summed E-state index contributed by atoms with van der Waals surface area (Å²) in [5.74, 6) is -1.58. The highest BCUT2D eigenvalue weighted by Crippen LogP contribution is 2.28. The van der Waals surface area contributed by atoms with Gasteiger partial charge in [0.25, 0.3) is 0 Å². The molecular formula is C20H39NO4. The predicted octanol–water partition coefficient (Wildman–Crippen LogP) is 4.81. The van der Waals surface area contributed by atoms with E-state index in [9.17, 15) is 14.7 Å². The van der Waals surface area contributed by atoms with Gasteiger partial charge in [-0.05, 0) is 25.7 Å². The molecule has 0 saturated heterocycles. The predicted molar refractivity (Wildman–Crippen MR) is 101 cm³/mol. The number of carboxylic acids is 1. The maximum Gasteiger partial charge on any atom is 0.335 e. The topological polar surface area (TPSA) is 89.6 Å². The minimum Gasteiger partial charge on any atom is -0.479 e. The zero-order valence-corrected chi connectivity index (χ0v) is 16.4. The third-order valence-electron chi connectivity index (χ3n) is 4.75. The SMILES string of the molecule is CCCCCCCCC(CCCCCCCC)(OCC(N)=O)C(=O)O. The van der Waals surface area contributed by atoms with Gasteiger partial charge in [0, 0.05) is 0 Å². The van der Waals surface area contributed by atoms with Crippen molar-refractivity contribution < 1.29 is 19.4 Å². The second-order valence-corrected chi connectivity index (χ2v) is 7.09. The van der Waals surface area contributed by atoms with Gasteiger partial charge in [-0.25, -0.2) is 4.79 Å². The van der Waals surface area contributed by atoms with Crippen molar-refractivity contribution in [3.63, 3.8) is 0 Å². The Morgan fingerprint density at radius 2 is 1.20 bits per heavy atom. The molecule has 0 aliphatic carbocycles. The van der Waals surface area contributed by atoms with E-state index < -0.39 is 17.5 Å². The van der Waals surface area contributed by atoms with Crippen LogP contribution in [0.2, 0.25) is 0 Å². The monoisotopic (exact) mass is 357 g/mol. The number of aliphatic carboxylic acids is 1. The lowest BCUT2D eigenvalue weighted by atomic mass is 9.89. The Morgan fingerprint density at radius 1 is 0.800 bits per heavy atom. The van der Waals surface area contributed by atoms with E-state index in [0.29, 0.717) is 12.8 Å². The smallest absolute Gasteiger partial charge is 0.335 e. The Bertz CT molecular complexity index is 342. The first-order chi connectivity index (χ1) is 12.0. The maximum absolute atomic E-state index is 11.9. The molecule has 0 atom stereocenters. The molecule has 0 spiro atoms. The number of amides is 1. The van der Waals surface area contributed by atoms with Gasteiger partial charge in [-0.3, -0.25) is 4.79 Å². The molecule has 0 rings (SSSR count). The summed E-state index contributed by atoms with van der Waals surface area (Å²) in [6.07, 6.45) is 14.0. The van der Waals surface area contributed by atoms with Crippen LogP contribution in [-0.2, 0) is 14.3 Å². The van der Waals surface area contributed by atoms with Crippen LogP contribution < -0.4 is 5.73 Å². The molecule has 1 amide bonds. The molecule has 5 nitrogen and oxygen atoms in total. The number of carbonyl (C=O) groups excluding carboxylic acids is 1. The molecule has 0 aliphatic rings. The van der Waals surface area contributed by atoms with Crippen molar-refractivity contribution in [2.24, 2.45) is 5.73 Å². The van der Waals surface area contributed by atoms with Gasteiger partial charge in [-0.2, -0.15) is 0 Å². The molecule has 0 aliphatic heterocycles. The van der Waals surface area contributed by atoms with E-state index in [-0.39, 0.29) is 6.61 Å². The third kappa shape index (κ3) is 12.0. The van der Waals surface area contributed by atoms with Crippen molar-refractivity contribution in [3.05, 3.63) is 0 Å². The van der Waals surface area contributed by atoms with Gasteiger partial charge in [0.2, 0.25) is 5.91 Å². The van der Waals surface area contributed by atoms with Crippen molar-refractivity contribution in [2.45, 2.75) is 109 Å². The Balaban J connectivity index is 4.48. The lowest BCUT2D eigenvalue weighted by molar-refractivity contribution is -0.170. The second-order valence-electron chi connectivity index (χ2n) is 7.09. The van der Waals surface area contributed by atoms with Gasteiger partial charge in [0.15, 0.2) is 5.60 Å². The summed E-state index contributed by atoms with van der Waals surface area (Å²) < 4.78 is 5.53. The Kier molecular flexibility index (Phi) is 14.5. The van der Waals surface area contributed by atoms with E-state index in [4.69, 9.17) is 10.5 Å². The standard InChI is InChI=1S/C20H39NO4/c1-3-5-7-9-11-13-15-20(19(23)24,25-17-18(21)22)16-14-12-10-8-6-4-2/h3-17H2,1-2H3,(H2,21,22)(H,23,24). The van der Waals surface area contributed by atoms with Crippen LogP contribution in [0.4, 0.5) is 0 Å². The normalized spacial score (nSPS) is 11.6. The molecule has 0 aromatic carbocycles. The van der Waals surface area contributed by atoms with E-state index >= 15 is 0 Å². The number of rotatable bonds is 18. The number of carbonyl (C=O) groups is 2. The average Bonchev–Trinajstić information content (AvgIpc) is 2.57. The highest BCUT2D eigenvalue weighted by molar-refractivity contribution is 5.79. The van der Waals surface area contributed by atoms with Gasteiger partial charge in [0.05, 0.1) is 0 Å². The molecule has 0 radical (unpaired) electrons. The zero-order chi connectivity index (χ0) is 19.0. The highest BCUT2D eigenvalue weighted by Gasteiger charge is 2.39. The quantitative estimate of drug-likeness (QED) is 0.344. The zero-order valence-electron chi connectivity index (χ0n) is 16.4. The first-order valence-electron chi connectivity index (χ1n) is 10.1. The van der Waals surface area contributed by atoms with E-state index in [1.54, 1.807) is 0 Å². The number of unbranched alkanes of at least 4 members (excludes halogenated alkanes) is 10. The fourth-order valence-electron chi connectivity index (χ4n) is 3.14. The van der Waals surface area contributed by atoms with Gasteiger partial charge in [-0.15, -0.1) is 0 Å². The van der Waals surface area contributed by atoms with Crippen LogP contribution in [0.1, 0.15) is 104 Å². The third-order valence-corrected chi connectivity index (χ3v) is 4.75. The summed E-state index contributed by atoms with van der Waals surface area (Å²) >= 11 is 0. The molecule has 0 heterocycles. The van der Waals surface area contributed by atoms with Crippen molar-refractivity contribution >= 4 is 11.9 Å². The molecule has 0 unspecified atom stereocenters. The first kappa shape index (κ1) is 23.9. The Morgan fingerprint density at radius 3 is 1.56 bits per heavy atom. The number of hydrogen-bond donors (Lipinski definition) is 2. The minimum absolute atomic E-state index is 0.321. The average molecular weight is 358 g/mol. The summed E-state index contributed by atoms with van der Waals surface area (Å²) in [5, 5.41) is 9.74. The summed E-state index contributed by atoms with van der Waals surface area (Å²) in [4.78, 5) is 23.0. The Labute approximate surface area is 153 Å². The van der Waals surface area contributed by atoms with E-state index in [1.165, 1.54) is 38.5 Å². The van der Waals surface area contributed by atoms with Crippen LogP contribution in [0.5, 0.6) is 0 Å². The van der Waals surface area contributed by atoms with Crippen LogP contribution in [0.3, 0.4) is 0 Å². The number of ether oxygens (including phenoxy) is 1. The molecule has 0 aromatic rings. The molecule has 0 saturated carbocycles. The molecule has 0 fully saturated rings. The van der Waals surface area contributed by atoms with Crippen LogP contribution in [0.25, 0.3) is 0 Å². The molecule has 5 heteroatoms. The van der Waals surface area contributed by atoms with Crippen molar-refractivity contribution in [1.82, 2.24) is 0 Å². The van der Waals surface area contributed by atoms with E-state index in [2.05, 4.69) is 13.8 Å². The van der Waals surface area contributed by atoms with E-state index in [0.717, 1.165) is 38.5 Å². The fourth-order valence-corrected chi connectivity index (χ4v) is 3.14. The number of primary amides is 1. The summed E-state index contributed by atoms with van der Waals surface area (Å²) in [6.45, 7) is 4.03. The molecule has 148 valence electrons. The van der Waals surface area contributed by atoms with E-state index in [1.807, 2.05) is 0 Å². The Hall–Kier alpha value is -1.10. The molecule has 25 heavy (non-hydrogen) atoms. The molecule has 0 bridgehead atoms. The van der Waals surface area contributed by atoms with Crippen molar-refractivity contribution in [2.75, 3.05) is 6.61 Å². The minimum atomic E-state index is -1.26. The summed E-state index contributed by atoms with van der Waals surface area (Å²) in [5.41, 5.74) is 3.90. The largest absolute Gasteiger partial charge is 0.479 e.